The minimum Gasteiger partial charge on any atom is -0.458 e. The fourth-order valence-electron chi connectivity index (χ4n) is 3.48. The molecule has 3 aromatic carbocycles. The molecule has 3 heteroatoms. The first-order valence-corrected chi connectivity index (χ1v) is 7.49. The Morgan fingerprint density at radius 1 is 0.682 bits per heavy atom. The Bertz CT molecular complexity index is 917. The van der Waals surface area contributed by atoms with Crippen LogP contribution in [0.2, 0.25) is 0 Å². The summed E-state index contributed by atoms with van der Waals surface area (Å²) >= 11 is 0. The highest BCUT2D eigenvalue weighted by molar-refractivity contribution is 6.98. The lowest BCUT2D eigenvalue weighted by molar-refractivity contribution is 0.464. The van der Waals surface area contributed by atoms with Crippen molar-refractivity contribution in [2.24, 2.45) is 0 Å². The van der Waals surface area contributed by atoms with E-state index in [-0.39, 0.29) is 6.71 Å². The summed E-state index contributed by atoms with van der Waals surface area (Å²) in [5, 5.41) is 0. The van der Waals surface area contributed by atoms with Crippen molar-refractivity contribution in [2.75, 3.05) is 0 Å². The zero-order valence-electron chi connectivity index (χ0n) is 12.2. The molecule has 104 valence electrons. The Hall–Kier alpha value is -2.68. The molecule has 0 fully saturated rings. The van der Waals surface area contributed by atoms with Gasteiger partial charge in [0, 0.05) is 5.46 Å². The second-order valence-electron chi connectivity index (χ2n) is 5.88. The maximum Gasteiger partial charge on any atom is 0.260 e. The molecule has 0 atom stereocenters. The molecule has 0 bridgehead atoms. The molecule has 2 aliphatic rings. The highest BCUT2D eigenvalue weighted by Crippen LogP contribution is 2.34. The van der Waals surface area contributed by atoms with Gasteiger partial charge in [-0.2, -0.15) is 0 Å². The van der Waals surface area contributed by atoms with Crippen molar-refractivity contribution in [1.29, 1.82) is 0 Å². The number of benzene rings is 3. The van der Waals surface area contributed by atoms with Gasteiger partial charge >= 0.3 is 0 Å². The Balaban J connectivity index is 1.86. The van der Waals surface area contributed by atoms with Crippen molar-refractivity contribution < 1.29 is 9.47 Å². The van der Waals surface area contributed by atoms with Crippen molar-refractivity contribution in [1.82, 2.24) is 0 Å². The van der Waals surface area contributed by atoms with Gasteiger partial charge in [0.2, 0.25) is 0 Å². The van der Waals surface area contributed by atoms with Crippen molar-refractivity contribution >= 4 is 23.1 Å². The van der Waals surface area contributed by atoms with Gasteiger partial charge in [0.05, 0.1) is 0 Å². The van der Waals surface area contributed by atoms with E-state index in [1.807, 2.05) is 30.3 Å². The topological polar surface area (TPSA) is 18.5 Å². The fraction of sp³-hybridized carbons (Fsp3) is 0.0526. The maximum atomic E-state index is 6.14. The third-order valence-electron chi connectivity index (χ3n) is 4.46. The summed E-state index contributed by atoms with van der Waals surface area (Å²) < 4.78 is 12.2. The molecular weight excluding hydrogens is 271 g/mol. The number of para-hydroxylation sites is 1. The first-order chi connectivity index (χ1) is 10.8. The van der Waals surface area contributed by atoms with E-state index in [0.29, 0.717) is 0 Å². The third-order valence-corrected chi connectivity index (χ3v) is 4.46. The SMILES string of the molecule is Cc1ccc2c(c1)Oc1cccc3c1B2c1ccccc1O3. The lowest BCUT2D eigenvalue weighted by Gasteiger charge is -2.32. The number of hydrogen-bond acceptors (Lipinski definition) is 2. The Labute approximate surface area is 129 Å². The first kappa shape index (κ1) is 11.9. The second-order valence-corrected chi connectivity index (χ2v) is 5.88. The molecule has 0 unspecified atom stereocenters. The molecule has 0 amide bonds. The largest absolute Gasteiger partial charge is 0.458 e. The van der Waals surface area contributed by atoms with Crippen LogP contribution in [0.25, 0.3) is 0 Å². The minimum absolute atomic E-state index is 0.181. The number of ether oxygens (including phenoxy) is 2. The van der Waals surface area contributed by atoms with E-state index in [2.05, 4.69) is 37.3 Å². The van der Waals surface area contributed by atoms with E-state index in [9.17, 15) is 0 Å². The minimum atomic E-state index is 0.181. The van der Waals surface area contributed by atoms with Crippen molar-refractivity contribution in [3.63, 3.8) is 0 Å². The van der Waals surface area contributed by atoms with E-state index < -0.39 is 0 Å². The summed E-state index contributed by atoms with van der Waals surface area (Å²) in [5.41, 5.74) is 4.76. The number of rotatable bonds is 0. The number of aryl methyl sites for hydroxylation is 1. The molecule has 22 heavy (non-hydrogen) atoms. The van der Waals surface area contributed by atoms with Crippen LogP contribution in [0.4, 0.5) is 0 Å². The monoisotopic (exact) mass is 284 g/mol. The van der Waals surface area contributed by atoms with E-state index in [0.717, 1.165) is 28.5 Å². The van der Waals surface area contributed by atoms with Gasteiger partial charge < -0.3 is 9.47 Å². The third kappa shape index (κ3) is 1.51. The van der Waals surface area contributed by atoms with Crippen LogP contribution in [-0.4, -0.2) is 6.71 Å². The molecule has 0 aliphatic carbocycles. The van der Waals surface area contributed by atoms with Crippen molar-refractivity contribution in [2.45, 2.75) is 6.92 Å². The molecule has 3 aromatic rings. The van der Waals surface area contributed by atoms with Crippen LogP contribution in [-0.2, 0) is 0 Å². The van der Waals surface area contributed by atoms with Crippen LogP contribution in [0, 0.1) is 6.92 Å². The van der Waals surface area contributed by atoms with Crippen LogP contribution in [0.5, 0.6) is 23.0 Å². The quantitative estimate of drug-likeness (QED) is 0.407. The molecule has 2 heterocycles. The lowest BCUT2D eigenvalue weighted by atomic mass is 9.35. The zero-order valence-corrected chi connectivity index (χ0v) is 12.2. The summed E-state index contributed by atoms with van der Waals surface area (Å²) in [6, 6.07) is 20.7. The molecule has 5 rings (SSSR count). The van der Waals surface area contributed by atoms with E-state index >= 15 is 0 Å². The summed E-state index contributed by atoms with van der Waals surface area (Å²) in [4.78, 5) is 0. The molecule has 0 saturated carbocycles. The molecule has 2 nitrogen and oxygen atoms in total. The lowest BCUT2D eigenvalue weighted by Crippen LogP contribution is -2.57. The summed E-state index contributed by atoms with van der Waals surface area (Å²) in [7, 11) is 0. The van der Waals surface area contributed by atoms with E-state index in [4.69, 9.17) is 9.47 Å². The number of hydrogen-bond donors (Lipinski definition) is 0. The molecule has 0 N–H and O–H groups in total. The zero-order chi connectivity index (χ0) is 14.7. The van der Waals surface area contributed by atoms with Crippen LogP contribution < -0.4 is 25.9 Å². The summed E-state index contributed by atoms with van der Waals surface area (Å²) in [5.74, 6) is 3.68. The Kier molecular flexibility index (Phi) is 2.26. The summed E-state index contributed by atoms with van der Waals surface area (Å²) in [6.07, 6.45) is 0. The van der Waals surface area contributed by atoms with E-state index in [1.165, 1.54) is 16.5 Å². The van der Waals surface area contributed by atoms with Gasteiger partial charge in [-0.1, -0.05) is 36.4 Å². The fourth-order valence-corrected chi connectivity index (χ4v) is 3.48. The standard InChI is InChI=1S/C19H13BO2/c1-12-9-10-14-18(11-12)22-17-8-4-7-16-19(17)20(14)13-5-2-3-6-15(13)21-16/h2-11H,1H3. The van der Waals surface area contributed by atoms with Gasteiger partial charge in [0.15, 0.2) is 0 Å². The van der Waals surface area contributed by atoms with Crippen LogP contribution in [0.15, 0.2) is 60.7 Å². The predicted molar refractivity (Wildman–Crippen MR) is 88.9 cm³/mol. The molecule has 0 saturated heterocycles. The smallest absolute Gasteiger partial charge is 0.260 e. The average Bonchev–Trinajstić information content (AvgIpc) is 2.54. The number of fused-ring (bicyclic) bond motifs is 4. The molecule has 0 aromatic heterocycles. The van der Waals surface area contributed by atoms with Gasteiger partial charge in [-0.05, 0) is 47.7 Å². The van der Waals surface area contributed by atoms with Gasteiger partial charge in [-0.15, -0.1) is 0 Å². The molecule has 0 radical (unpaired) electrons. The van der Waals surface area contributed by atoms with Crippen LogP contribution in [0.1, 0.15) is 5.56 Å². The predicted octanol–water partition coefficient (Wildman–Crippen LogP) is 2.72. The molecule has 2 aliphatic heterocycles. The van der Waals surface area contributed by atoms with Crippen molar-refractivity contribution in [3.05, 3.63) is 66.2 Å². The second kappa shape index (κ2) is 4.17. The van der Waals surface area contributed by atoms with Gasteiger partial charge in [0.25, 0.3) is 6.71 Å². The van der Waals surface area contributed by atoms with Crippen LogP contribution in [0.3, 0.4) is 0 Å². The Morgan fingerprint density at radius 2 is 1.36 bits per heavy atom. The van der Waals surface area contributed by atoms with Gasteiger partial charge in [-0.3, -0.25) is 0 Å². The molecular formula is C19H13BO2. The van der Waals surface area contributed by atoms with Crippen LogP contribution >= 0.6 is 0 Å². The summed E-state index contributed by atoms with van der Waals surface area (Å²) in [6.45, 7) is 2.27. The van der Waals surface area contributed by atoms with Gasteiger partial charge in [0.1, 0.15) is 23.0 Å². The average molecular weight is 284 g/mol. The first-order valence-electron chi connectivity index (χ1n) is 7.49. The molecule has 0 spiro atoms. The Morgan fingerprint density at radius 3 is 2.23 bits per heavy atom. The van der Waals surface area contributed by atoms with Crippen molar-refractivity contribution in [3.8, 4) is 23.0 Å². The highest BCUT2D eigenvalue weighted by atomic mass is 16.5. The highest BCUT2D eigenvalue weighted by Gasteiger charge is 2.39. The van der Waals surface area contributed by atoms with E-state index in [1.54, 1.807) is 0 Å². The maximum absolute atomic E-state index is 6.14. The van der Waals surface area contributed by atoms with Gasteiger partial charge in [-0.25, -0.2) is 0 Å². The normalized spacial score (nSPS) is 13.4.